The fraction of sp³-hybridized carbons (Fsp3) is 0.846. The summed E-state index contributed by atoms with van der Waals surface area (Å²) in [4.78, 5) is 22.6. The molecule has 0 radical (unpaired) electrons. The van der Waals surface area contributed by atoms with Crippen LogP contribution in [0.4, 0.5) is 0 Å². The molecule has 4 nitrogen and oxygen atoms in total. The van der Waals surface area contributed by atoms with Crippen LogP contribution in [-0.4, -0.2) is 29.6 Å². The molecule has 0 rings (SSSR count). The van der Waals surface area contributed by atoms with Crippen LogP contribution in [0.5, 0.6) is 0 Å². The van der Waals surface area contributed by atoms with Gasteiger partial charge in [0.25, 0.3) is 0 Å². The predicted octanol–water partition coefficient (Wildman–Crippen LogP) is 2.23. The molecule has 1 unspecified atom stereocenters. The summed E-state index contributed by atoms with van der Waals surface area (Å²) in [5.74, 6) is -0.506. The van der Waals surface area contributed by atoms with Crippen LogP contribution in [0.25, 0.3) is 0 Å². The van der Waals surface area contributed by atoms with Gasteiger partial charge in [-0.1, -0.05) is 26.7 Å². The van der Waals surface area contributed by atoms with E-state index in [-0.39, 0.29) is 24.6 Å². The van der Waals surface area contributed by atoms with E-state index in [9.17, 15) is 14.7 Å². The van der Waals surface area contributed by atoms with E-state index in [2.05, 4.69) is 0 Å². The lowest BCUT2D eigenvalue weighted by molar-refractivity contribution is -0.144. The van der Waals surface area contributed by atoms with E-state index in [1.165, 1.54) is 0 Å². The Morgan fingerprint density at radius 3 is 2.35 bits per heavy atom. The monoisotopic (exact) mass is 244 g/mol. The van der Waals surface area contributed by atoms with E-state index < -0.39 is 6.10 Å². The van der Waals surface area contributed by atoms with Gasteiger partial charge < -0.3 is 9.84 Å². The molecular weight excluding hydrogens is 220 g/mol. The molecule has 0 aliphatic carbocycles. The summed E-state index contributed by atoms with van der Waals surface area (Å²) in [6.07, 6.45) is 3.21. The van der Waals surface area contributed by atoms with Crippen molar-refractivity contribution in [2.45, 2.75) is 64.9 Å². The molecule has 0 bridgehead atoms. The van der Waals surface area contributed by atoms with Crippen molar-refractivity contribution in [3.8, 4) is 0 Å². The van der Waals surface area contributed by atoms with Crippen molar-refractivity contribution >= 4 is 11.8 Å². The van der Waals surface area contributed by atoms with Gasteiger partial charge in [-0.15, -0.1) is 0 Å². The maximum Gasteiger partial charge on any atom is 0.305 e. The lowest BCUT2D eigenvalue weighted by Crippen LogP contribution is -2.21. The van der Waals surface area contributed by atoms with Crippen LogP contribution in [0.3, 0.4) is 0 Å². The first-order valence-electron chi connectivity index (χ1n) is 6.48. The van der Waals surface area contributed by atoms with Crippen molar-refractivity contribution in [1.82, 2.24) is 0 Å². The highest BCUT2D eigenvalue weighted by atomic mass is 16.5. The number of esters is 1. The number of aliphatic hydroxyl groups is 1. The van der Waals surface area contributed by atoms with Crippen LogP contribution >= 0.6 is 0 Å². The molecule has 100 valence electrons. The number of carbonyl (C=O) groups excluding carboxylic acids is 2. The summed E-state index contributed by atoms with van der Waals surface area (Å²) in [5.41, 5.74) is 0. The summed E-state index contributed by atoms with van der Waals surface area (Å²) in [7, 11) is 0. The first kappa shape index (κ1) is 16.1. The second-order valence-corrected chi connectivity index (χ2v) is 4.20. The third-order valence-electron chi connectivity index (χ3n) is 2.53. The minimum absolute atomic E-state index is 0.114. The Kier molecular flexibility index (Phi) is 9.72. The largest absolute Gasteiger partial charge is 0.466 e. The van der Waals surface area contributed by atoms with Crippen molar-refractivity contribution < 1.29 is 19.4 Å². The Morgan fingerprint density at radius 2 is 1.76 bits per heavy atom. The van der Waals surface area contributed by atoms with Gasteiger partial charge >= 0.3 is 5.97 Å². The highest BCUT2D eigenvalue weighted by Gasteiger charge is 2.16. The van der Waals surface area contributed by atoms with Crippen LogP contribution in [0, 0.1) is 0 Å². The number of hydrogen-bond donors (Lipinski definition) is 1. The number of Topliss-reactive ketones (excluding diaryl/α,β-unsaturated/α-hetero) is 1. The second-order valence-electron chi connectivity index (χ2n) is 4.20. The SMILES string of the molecule is CCCCOC(=O)CCC(O)C(=O)CCCC. The number of unbranched alkanes of at least 4 members (excludes halogenated alkanes) is 2. The van der Waals surface area contributed by atoms with E-state index in [0.717, 1.165) is 25.7 Å². The first-order chi connectivity index (χ1) is 8.11. The van der Waals surface area contributed by atoms with Gasteiger partial charge in [-0.2, -0.15) is 0 Å². The van der Waals surface area contributed by atoms with Crippen molar-refractivity contribution in [1.29, 1.82) is 0 Å². The molecule has 17 heavy (non-hydrogen) atoms. The van der Waals surface area contributed by atoms with Crippen LogP contribution in [-0.2, 0) is 14.3 Å². The molecule has 0 amide bonds. The predicted molar refractivity (Wildman–Crippen MR) is 65.6 cm³/mol. The summed E-state index contributed by atoms with van der Waals surface area (Å²) >= 11 is 0. The number of ketones is 1. The molecule has 4 heteroatoms. The van der Waals surface area contributed by atoms with E-state index in [4.69, 9.17) is 4.74 Å². The van der Waals surface area contributed by atoms with Crippen molar-refractivity contribution in [3.05, 3.63) is 0 Å². The standard InChI is InChI=1S/C13H24O4/c1-3-5-7-11(14)12(15)8-9-13(16)17-10-6-4-2/h12,15H,3-10H2,1-2H3. The van der Waals surface area contributed by atoms with E-state index in [1.807, 2.05) is 13.8 Å². The quantitative estimate of drug-likeness (QED) is 0.473. The molecule has 0 aliphatic heterocycles. The Bertz CT molecular complexity index is 225. The minimum atomic E-state index is -1.01. The van der Waals surface area contributed by atoms with Crippen LogP contribution in [0.2, 0.25) is 0 Å². The van der Waals surface area contributed by atoms with Crippen molar-refractivity contribution in [3.63, 3.8) is 0 Å². The molecule has 0 fully saturated rings. The maximum absolute atomic E-state index is 11.4. The first-order valence-corrected chi connectivity index (χ1v) is 6.48. The van der Waals surface area contributed by atoms with Gasteiger partial charge in [0, 0.05) is 12.8 Å². The molecule has 0 heterocycles. The van der Waals surface area contributed by atoms with Gasteiger partial charge in [-0.05, 0) is 19.3 Å². The number of rotatable bonds is 10. The topological polar surface area (TPSA) is 63.6 Å². The Labute approximate surface area is 103 Å². The van der Waals surface area contributed by atoms with Gasteiger partial charge in [0.05, 0.1) is 6.61 Å². The normalized spacial score (nSPS) is 12.2. The zero-order valence-corrected chi connectivity index (χ0v) is 10.9. The highest BCUT2D eigenvalue weighted by molar-refractivity contribution is 5.83. The molecule has 0 saturated heterocycles. The molecule has 1 N–H and O–H groups in total. The van der Waals surface area contributed by atoms with E-state index >= 15 is 0 Å². The summed E-state index contributed by atoms with van der Waals surface area (Å²) in [6, 6.07) is 0. The zero-order chi connectivity index (χ0) is 13.1. The van der Waals surface area contributed by atoms with Crippen molar-refractivity contribution in [2.24, 2.45) is 0 Å². The molecule has 0 aromatic carbocycles. The fourth-order valence-electron chi connectivity index (χ4n) is 1.34. The number of ether oxygens (including phenoxy) is 1. The smallest absolute Gasteiger partial charge is 0.305 e. The Balaban J connectivity index is 3.64. The third-order valence-corrected chi connectivity index (χ3v) is 2.53. The average molecular weight is 244 g/mol. The summed E-state index contributed by atoms with van der Waals surface area (Å²) in [6.45, 7) is 4.43. The average Bonchev–Trinajstić information content (AvgIpc) is 2.33. The van der Waals surface area contributed by atoms with Gasteiger partial charge in [0.2, 0.25) is 0 Å². The summed E-state index contributed by atoms with van der Waals surface area (Å²) < 4.78 is 4.93. The molecule has 0 saturated carbocycles. The van der Waals surface area contributed by atoms with Crippen LogP contribution in [0.1, 0.15) is 58.8 Å². The number of hydrogen-bond acceptors (Lipinski definition) is 4. The number of carbonyl (C=O) groups is 2. The van der Waals surface area contributed by atoms with Crippen molar-refractivity contribution in [2.75, 3.05) is 6.61 Å². The lowest BCUT2D eigenvalue weighted by Gasteiger charge is -2.09. The van der Waals surface area contributed by atoms with Gasteiger partial charge in [-0.25, -0.2) is 0 Å². The molecule has 1 atom stereocenters. The second kappa shape index (κ2) is 10.3. The van der Waals surface area contributed by atoms with Crippen LogP contribution in [0.15, 0.2) is 0 Å². The highest BCUT2D eigenvalue weighted by Crippen LogP contribution is 2.06. The van der Waals surface area contributed by atoms with Crippen LogP contribution < -0.4 is 0 Å². The molecule has 0 aromatic heterocycles. The Hall–Kier alpha value is -0.900. The Morgan fingerprint density at radius 1 is 1.12 bits per heavy atom. The fourth-order valence-corrected chi connectivity index (χ4v) is 1.34. The molecule has 0 aliphatic rings. The lowest BCUT2D eigenvalue weighted by atomic mass is 10.1. The zero-order valence-electron chi connectivity index (χ0n) is 10.9. The van der Waals surface area contributed by atoms with E-state index in [0.29, 0.717) is 13.0 Å². The summed E-state index contributed by atoms with van der Waals surface area (Å²) in [5, 5.41) is 9.51. The minimum Gasteiger partial charge on any atom is -0.466 e. The third kappa shape index (κ3) is 8.86. The van der Waals surface area contributed by atoms with Gasteiger partial charge in [0.1, 0.15) is 6.10 Å². The molecule has 0 spiro atoms. The van der Waals surface area contributed by atoms with E-state index in [1.54, 1.807) is 0 Å². The van der Waals surface area contributed by atoms with Gasteiger partial charge in [-0.3, -0.25) is 9.59 Å². The maximum atomic E-state index is 11.4. The number of aliphatic hydroxyl groups excluding tert-OH is 1. The molecule has 0 aromatic rings. The van der Waals surface area contributed by atoms with Gasteiger partial charge in [0.15, 0.2) is 5.78 Å². The molecular formula is C13H24O4.